The number of aliphatic hydroxyl groups excluding tert-OH is 1. The number of Topliss-reactive ketones (excluding diaryl/α,β-unsaturated/α-hetero) is 1. The summed E-state index contributed by atoms with van der Waals surface area (Å²) in [6, 6.07) is 0. The van der Waals surface area contributed by atoms with Crippen molar-refractivity contribution in [3.63, 3.8) is 0 Å². The zero-order chi connectivity index (χ0) is 13.8. The molecule has 0 fully saturated rings. The smallest absolute Gasteiger partial charge is 0.138 e. The summed E-state index contributed by atoms with van der Waals surface area (Å²) in [5, 5.41) is 10.1. The van der Waals surface area contributed by atoms with Crippen LogP contribution in [0.2, 0.25) is 0 Å². The molecule has 1 N–H and O–H groups in total. The van der Waals surface area contributed by atoms with Gasteiger partial charge in [-0.1, -0.05) is 52.2 Å². The molecule has 0 aromatic heterocycles. The third-order valence-electron chi connectivity index (χ3n) is 3.38. The first-order chi connectivity index (χ1) is 8.67. The van der Waals surface area contributed by atoms with E-state index in [0.29, 0.717) is 6.42 Å². The fourth-order valence-corrected chi connectivity index (χ4v) is 2.21. The normalized spacial score (nSPS) is 14.9. The van der Waals surface area contributed by atoms with Crippen molar-refractivity contribution in [3.05, 3.63) is 12.2 Å². The van der Waals surface area contributed by atoms with E-state index in [1.807, 2.05) is 6.92 Å². The summed E-state index contributed by atoms with van der Waals surface area (Å²) in [5.74, 6) is 0.0686. The SMILES string of the molecule is CCC=CCCC(=O)C(CC)C(O)CCCCC. The van der Waals surface area contributed by atoms with Crippen LogP contribution in [0.1, 0.15) is 72.1 Å². The van der Waals surface area contributed by atoms with E-state index >= 15 is 0 Å². The number of ketones is 1. The second-order valence-electron chi connectivity index (χ2n) is 4.96. The van der Waals surface area contributed by atoms with E-state index in [1.165, 1.54) is 0 Å². The average molecular weight is 254 g/mol. The van der Waals surface area contributed by atoms with Crippen LogP contribution < -0.4 is 0 Å². The summed E-state index contributed by atoms with van der Waals surface area (Å²) in [7, 11) is 0. The molecule has 0 aromatic rings. The van der Waals surface area contributed by atoms with Gasteiger partial charge in [-0.05, 0) is 25.7 Å². The highest BCUT2D eigenvalue weighted by molar-refractivity contribution is 5.81. The van der Waals surface area contributed by atoms with Gasteiger partial charge >= 0.3 is 0 Å². The van der Waals surface area contributed by atoms with Crippen LogP contribution in [0, 0.1) is 5.92 Å². The Morgan fingerprint density at radius 1 is 1.17 bits per heavy atom. The fraction of sp³-hybridized carbons (Fsp3) is 0.812. The monoisotopic (exact) mass is 254 g/mol. The van der Waals surface area contributed by atoms with Gasteiger partial charge in [-0.25, -0.2) is 0 Å². The van der Waals surface area contributed by atoms with Crippen LogP contribution >= 0.6 is 0 Å². The van der Waals surface area contributed by atoms with Gasteiger partial charge in [0, 0.05) is 12.3 Å². The number of hydrogen-bond donors (Lipinski definition) is 1. The number of carbonyl (C=O) groups excluding carboxylic acids is 1. The Hall–Kier alpha value is -0.630. The third kappa shape index (κ3) is 7.65. The minimum atomic E-state index is -0.441. The molecule has 0 aromatic carbocycles. The van der Waals surface area contributed by atoms with E-state index in [0.717, 1.165) is 44.9 Å². The molecule has 0 spiro atoms. The van der Waals surface area contributed by atoms with E-state index in [2.05, 4.69) is 26.0 Å². The summed E-state index contributed by atoms with van der Waals surface area (Å²) in [6.45, 7) is 6.23. The van der Waals surface area contributed by atoms with Crippen molar-refractivity contribution in [2.24, 2.45) is 5.92 Å². The van der Waals surface area contributed by atoms with E-state index in [4.69, 9.17) is 0 Å². The van der Waals surface area contributed by atoms with Gasteiger partial charge in [-0.2, -0.15) is 0 Å². The number of aliphatic hydroxyl groups is 1. The lowest BCUT2D eigenvalue weighted by atomic mass is 9.89. The molecule has 2 nitrogen and oxygen atoms in total. The van der Waals surface area contributed by atoms with Crippen LogP contribution in [-0.2, 0) is 4.79 Å². The number of unbranched alkanes of at least 4 members (excludes halogenated alkanes) is 2. The van der Waals surface area contributed by atoms with E-state index in [-0.39, 0.29) is 11.7 Å². The quantitative estimate of drug-likeness (QED) is 0.441. The molecule has 0 heterocycles. The average Bonchev–Trinajstić information content (AvgIpc) is 2.36. The lowest BCUT2D eigenvalue weighted by Crippen LogP contribution is -2.27. The first-order valence-electron chi connectivity index (χ1n) is 7.53. The zero-order valence-electron chi connectivity index (χ0n) is 12.3. The largest absolute Gasteiger partial charge is 0.392 e. The molecular formula is C16H30O2. The summed E-state index contributed by atoms with van der Waals surface area (Å²) in [5.41, 5.74) is 0. The number of carbonyl (C=O) groups is 1. The number of rotatable bonds is 11. The van der Waals surface area contributed by atoms with Gasteiger partial charge in [0.2, 0.25) is 0 Å². The van der Waals surface area contributed by atoms with Gasteiger partial charge in [0.1, 0.15) is 5.78 Å². The molecule has 18 heavy (non-hydrogen) atoms. The van der Waals surface area contributed by atoms with Crippen LogP contribution in [0.15, 0.2) is 12.2 Å². The van der Waals surface area contributed by atoms with Gasteiger partial charge in [-0.15, -0.1) is 0 Å². The Kier molecular flexibility index (Phi) is 11.1. The van der Waals surface area contributed by atoms with Gasteiger partial charge in [0.25, 0.3) is 0 Å². The predicted molar refractivity (Wildman–Crippen MR) is 77.6 cm³/mol. The zero-order valence-corrected chi connectivity index (χ0v) is 12.3. The number of allylic oxidation sites excluding steroid dienone is 2. The molecule has 0 aliphatic heterocycles. The maximum absolute atomic E-state index is 12.0. The standard InChI is InChI=1S/C16H30O2/c1-4-7-9-11-13-16(18)14(6-3)15(17)12-10-8-5-2/h7,9,14-15,17H,4-6,8,10-13H2,1-3H3. The van der Waals surface area contributed by atoms with Gasteiger partial charge in [0.15, 0.2) is 0 Å². The molecule has 106 valence electrons. The van der Waals surface area contributed by atoms with Gasteiger partial charge in [0.05, 0.1) is 6.10 Å². The van der Waals surface area contributed by atoms with Crippen molar-refractivity contribution in [2.75, 3.05) is 0 Å². The molecule has 0 saturated heterocycles. The summed E-state index contributed by atoms with van der Waals surface area (Å²) in [6.07, 6.45) is 10.9. The lowest BCUT2D eigenvalue weighted by Gasteiger charge is -2.20. The Balaban J connectivity index is 4.04. The molecule has 0 bridgehead atoms. The van der Waals surface area contributed by atoms with Crippen molar-refractivity contribution in [2.45, 2.75) is 78.2 Å². The summed E-state index contributed by atoms with van der Waals surface area (Å²) < 4.78 is 0. The van der Waals surface area contributed by atoms with Crippen molar-refractivity contribution in [3.8, 4) is 0 Å². The molecule has 2 unspecified atom stereocenters. The Morgan fingerprint density at radius 2 is 1.89 bits per heavy atom. The molecule has 2 atom stereocenters. The molecule has 0 rings (SSSR count). The van der Waals surface area contributed by atoms with Crippen LogP contribution in [0.5, 0.6) is 0 Å². The topological polar surface area (TPSA) is 37.3 Å². The minimum absolute atomic E-state index is 0.156. The Morgan fingerprint density at radius 3 is 2.44 bits per heavy atom. The molecule has 0 aliphatic rings. The highest BCUT2D eigenvalue weighted by atomic mass is 16.3. The third-order valence-corrected chi connectivity index (χ3v) is 3.38. The van der Waals surface area contributed by atoms with Crippen molar-refractivity contribution in [1.29, 1.82) is 0 Å². The lowest BCUT2D eigenvalue weighted by molar-refractivity contribution is -0.126. The molecule has 0 aliphatic carbocycles. The molecule has 0 amide bonds. The Labute approximate surface area is 112 Å². The predicted octanol–water partition coefficient (Wildman–Crippen LogP) is 4.27. The molecule has 0 radical (unpaired) electrons. The van der Waals surface area contributed by atoms with Crippen molar-refractivity contribution in [1.82, 2.24) is 0 Å². The van der Waals surface area contributed by atoms with Crippen LogP contribution in [0.25, 0.3) is 0 Å². The summed E-state index contributed by atoms with van der Waals surface area (Å²) in [4.78, 5) is 12.0. The molecule has 0 saturated carbocycles. The Bertz CT molecular complexity index is 233. The maximum Gasteiger partial charge on any atom is 0.138 e. The van der Waals surface area contributed by atoms with Crippen molar-refractivity contribution >= 4 is 5.78 Å². The highest BCUT2D eigenvalue weighted by Gasteiger charge is 2.23. The van der Waals surface area contributed by atoms with E-state index in [1.54, 1.807) is 0 Å². The van der Waals surface area contributed by atoms with Crippen molar-refractivity contribution < 1.29 is 9.90 Å². The van der Waals surface area contributed by atoms with Crippen LogP contribution in [0.3, 0.4) is 0 Å². The molecular weight excluding hydrogens is 224 g/mol. The molecule has 2 heteroatoms. The maximum atomic E-state index is 12.0. The van der Waals surface area contributed by atoms with Gasteiger partial charge < -0.3 is 5.11 Å². The second-order valence-corrected chi connectivity index (χ2v) is 4.96. The second kappa shape index (κ2) is 11.5. The van der Waals surface area contributed by atoms with Gasteiger partial charge in [-0.3, -0.25) is 4.79 Å². The van der Waals surface area contributed by atoms with E-state index in [9.17, 15) is 9.90 Å². The minimum Gasteiger partial charge on any atom is -0.392 e. The van der Waals surface area contributed by atoms with E-state index < -0.39 is 6.10 Å². The number of hydrogen-bond acceptors (Lipinski definition) is 2. The highest BCUT2D eigenvalue weighted by Crippen LogP contribution is 2.18. The first-order valence-corrected chi connectivity index (χ1v) is 7.53. The van der Waals surface area contributed by atoms with Crippen LogP contribution in [-0.4, -0.2) is 17.0 Å². The first kappa shape index (κ1) is 17.4. The summed E-state index contributed by atoms with van der Waals surface area (Å²) >= 11 is 0. The van der Waals surface area contributed by atoms with Crippen LogP contribution in [0.4, 0.5) is 0 Å². The fourth-order valence-electron chi connectivity index (χ4n) is 2.21.